The third kappa shape index (κ3) is 33.6. The Morgan fingerprint density at radius 1 is 0.382 bits per heavy atom. The summed E-state index contributed by atoms with van der Waals surface area (Å²) in [6.45, 7) is 31.1. The molecule has 0 unspecified atom stereocenters. The van der Waals surface area contributed by atoms with Gasteiger partial charge in [-0.15, -0.1) is 0 Å². The minimum Gasteiger partial charge on any atom is -0.497 e. The topological polar surface area (TPSA) is 244 Å². The molecule has 0 radical (unpaired) electrons. The molecule has 0 aliphatic rings. The van der Waals surface area contributed by atoms with E-state index in [1.807, 2.05) is 158 Å². The predicted molar refractivity (Wildman–Crippen MR) is 531 cm³/mol. The summed E-state index contributed by atoms with van der Waals surface area (Å²) in [5.41, 5.74) is 19.7. The molecule has 6 N–H and O–H groups in total. The summed E-state index contributed by atoms with van der Waals surface area (Å²) in [6.07, 6.45) is 22.4. The first-order valence-corrected chi connectivity index (χ1v) is 46.6. The van der Waals surface area contributed by atoms with E-state index in [1.54, 1.807) is 33.4 Å². The van der Waals surface area contributed by atoms with Gasteiger partial charge in [0.1, 0.15) is 51.8 Å². The number of carbonyl (C=O) groups excluding carboxylic acids is 1. The molecule has 5 aromatic heterocycles. The Balaban J connectivity index is 0.000000185. The van der Waals surface area contributed by atoms with E-state index in [0.29, 0.717) is 64.4 Å². The predicted octanol–water partition coefficient (Wildman–Crippen LogP) is 24.7. The van der Waals surface area contributed by atoms with E-state index >= 15 is 0 Å². The lowest BCUT2D eigenvalue weighted by Crippen LogP contribution is -2.19. The van der Waals surface area contributed by atoms with Crippen LogP contribution in [-0.2, 0) is 37.5 Å². The lowest BCUT2D eigenvalue weighted by atomic mass is 9.91. The molecule has 0 atom stereocenters. The summed E-state index contributed by atoms with van der Waals surface area (Å²) in [5, 5.41) is 40.2. The van der Waals surface area contributed by atoms with E-state index in [0.717, 1.165) is 146 Å². The SMILES string of the molecule is CCCCN(C)Cc1cn[nH]c1-c1cc(C(C)C)cc(C(C)C)c1.CCCCN(C)Cc1cn[nH]c1-c1ccc(OCCCOC)c(Cl)c1.CCCCN(C)Cc1cn[nH]c1-c1ccc(Oc2cccc(F)c2)cc1.CCCCN(C)Cc1cn[nH]c1-c1ccc(Oc2cccc(OC)c2)cc1.CCCCN(C)Cc1cn[nH]c1-c1ccc(Oc2ccccc2)c(C(=O)NC)c1. The van der Waals surface area contributed by atoms with Crippen LogP contribution in [0.3, 0.4) is 0 Å². The highest BCUT2D eigenvalue weighted by molar-refractivity contribution is 6.32. The van der Waals surface area contributed by atoms with Crippen molar-refractivity contribution in [3.8, 4) is 102 Å². The standard InChI is InChI=1S/C23H28N4O2.C22H27N3O2.C21H24FN3O.C21H33N3.C19H28ClN3O2/c1-4-5-13-27(3)16-18-15-25-26-22(18)17-11-12-21(20(14-17)23(28)24-2)29-19-9-7-6-8-10-19;1-4-5-13-25(2)16-18-15-23-24-22(18)17-9-11-19(12-10-17)27-21-8-6-7-20(14-21)26-3;1-3-4-12-25(2)15-17-14-23-24-21(17)16-8-10-19(11-9-16)26-20-7-5-6-18(22)13-20;1-7-8-9-24(6)14-20-13-22-23-21(20)19-11-17(15(2)3)10-18(12-19)16(4)5;1-4-5-9-23(2)14-16-13-21-22-19(16)15-7-8-18(17(20)12-15)25-11-6-10-24-3/h6-12,14-15H,4-5,13,16H2,1-3H3,(H,24,28)(H,25,26);6-12,14-15H,4-5,13,16H2,1-3H3,(H,23,24);5-11,13-14H,3-4,12,15H2,1-2H3,(H,23,24);10-13,15-16H,7-9,14H2,1-6H3,(H,22,23);7-8,12-13H,4-6,9-11,14H2,1-3H3,(H,21,22). The number of benzene rings is 8. The average molecular weight is 1800 g/mol. The average Bonchev–Trinajstić information content (AvgIpc) is 1.77. The summed E-state index contributed by atoms with van der Waals surface area (Å²) < 4.78 is 46.8. The molecule has 0 spiro atoms. The molecule has 25 heteroatoms. The van der Waals surface area contributed by atoms with Gasteiger partial charge in [0.25, 0.3) is 5.91 Å². The molecule has 13 rings (SSSR count). The molecule has 0 fully saturated rings. The zero-order valence-electron chi connectivity index (χ0n) is 80.2. The minimum atomic E-state index is -0.312. The highest BCUT2D eigenvalue weighted by Crippen LogP contribution is 2.37. The van der Waals surface area contributed by atoms with E-state index in [4.69, 9.17) is 40.0 Å². The van der Waals surface area contributed by atoms with Crippen molar-refractivity contribution < 1.29 is 37.6 Å². The molecule has 5 heterocycles. The maximum Gasteiger partial charge on any atom is 0.254 e. The van der Waals surface area contributed by atoms with Crippen molar-refractivity contribution in [3.05, 3.63) is 268 Å². The molecular formula is C106H140ClFN16O7. The van der Waals surface area contributed by atoms with Gasteiger partial charge < -0.3 is 58.2 Å². The fourth-order valence-corrected chi connectivity index (χ4v) is 14.8. The first-order valence-electron chi connectivity index (χ1n) is 46.2. The molecule has 23 nitrogen and oxygen atoms in total. The fraction of sp³-hybridized carbons (Fsp3) is 0.396. The van der Waals surface area contributed by atoms with Gasteiger partial charge in [-0.05, 0) is 256 Å². The van der Waals surface area contributed by atoms with E-state index in [9.17, 15) is 9.18 Å². The van der Waals surface area contributed by atoms with Crippen LogP contribution in [0.1, 0.15) is 194 Å². The van der Waals surface area contributed by atoms with Crippen LogP contribution in [0, 0.1) is 5.82 Å². The van der Waals surface area contributed by atoms with E-state index in [-0.39, 0.29) is 11.7 Å². The van der Waals surface area contributed by atoms with Gasteiger partial charge in [0, 0.05) is 128 Å². The molecule has 131 heavy (non-hydrogen) atoms. The van der Waals surface area contributed by atoms with Crippen molar-refractivity contribution in [1.29, 1.82) is 0 Å². The number of hydrogen-bond donors (Lipinski definition) is 6. The maximum atomic E-state index is 13.3. The number of H-pyrrole nitrogens is 5. The molecule has 13 aromatic rings. The molecule has 0 bridgehead atoms. The Bertz CT molecular complexity index is 5410. The van der Waals surface area contributed by atoms with Crippen LogP contribution < -0.4 is 29.0 Å². The number of hydrogen-bond acceptors (Lipinski definition) is 17. The number of nitrogens with one attached hydrogen (secondary N) is 6. The van der Waals surface area contributed by atoms with Gasteiger partial charge in [0.2, 0.25) is 0 Å². The summed E-state index contributed by atoms with van der Waals surface area (Å²) in [7, 11) is 15.7. The second-order valence-corrected chi connectivity index (χ2v) is 34.3. The highest BCUT2D eigenvalue weighted by Gasteiger charge is 2.21. The molecule has 1 amide bonds. The zero-order valence-corrected chi connectivity index (χ0v) is 81.0. The first-order chi connectivity index (χ1) is 63.5. The molecule has 0 saturated carbocycles. The quantitative estimate of drug-likeness (QED) is 0.0194. The van der Waals surface area contributed by atoms with Crippen molar-refractivity contribution >= 4 is 17.5 Å². The number of rotatable bonds is 45. The van der Waals surface area contributed by atoms with Crippen molar-refractivity contribution in [1.82, 2.24) is 80.8 Å². The number of amides is 1. The molecule has 0 aliphatic carbocycles. The van der Waals surface area contributed by atoms with Crippen LogP contribution in [0.2, 0.25) is 5.02 Å². The third-order valence-corrected chi connectivity index (χ3v) is 22.4. The minimum absolute atomic E-state index is 0.195. The van der Waals surface area contributed by atoms with Gasteiger partial charge in [-0.3, -0.25) is 30.3 Å². The van der Waals surface area contributed by atoms with Crippen molar-refractivity contribution in [2.45, 2.75) is 178 Å². The molecule has 700 valence electrons. The van der Waals surface area contributed by atoms with Gasteiger partial charge in [-0.2, -0.15) is 25.5 Å². The van der Waals surface area contributed by atoms with Crippen molar-refractivity contribution in [2.75, 3.05) is 102 Å². The molecule has 0 saturated heterocycles. The fourth-order valence-electron chi connectivity index (χ4n) is 14.6. The van der Waals surface area contributed by atoms with Crippen LogP contribution >= 0.6 is 11.6 Å². The number of nitrogens with zero attached hydrogens (tertiary/aromatic N) is 10. The van der Waals surface area contributed by atoms with Crippen molar-refractivity contribution in [3.63, 3.8) is 0 Å². The van der Waals surface area contributed by atoms with Gasteiger partial charge in [0.05, 0.1) is 83.8 Å². The summed E-state index contributed by atoms with van der Waals surface area (Å²) >= 11 is 6.38. The van der Waals surface area contributed by atoms with Crippen LogP contribution in [0.4, 0.5) is 4.39 Å². The monoisotopic (exact) mass is 1800 g/mol. The lowest BCUT2D eigenvalue weighted by molar-refractivity contribution is 0.0960. The van der Waals surface area contributed by atoms with Gasteiger partial charge in [-0.25, -0.2) is 4.39 Å². The van der Waals surface area contributed by atoms with E-state index < -0.39 is 0 Å². The number of ether oxygens (including phenoxy) is 6. The van der Waals surface area contributed by atoms with E-state index in [1.165, 1.54) is 115 Å². The number of aromatic nitrogens is 10. The Labute approximate surface area is 781 Å². The van der Waals surface area contributed by atoms with Crippen LogP contribution in [0.5, 0.6) is 46.0 Å². The summed E-state index contributed by atoms with van der Waals surface area (Å²) in [6, 6.07) is 57.4. The van der Waals surface area contributed by atoms with Crippen LogP contribution in [0.15, 0.2) is 213 Å². The number of para-hydroxylation sites is 1. The number of aromatic amines is 5. The Morgan fingerprint density at radius 3 is 1.12 bits per heavy atom. The third-order valence-electron chi connectivity index (χ3n) is 22.1. The Morgan fingerprint density at radius 2 is 0.740 bits per heavy atom. The molecular weight excluding hydrogens is 1660 g/mol. The second-order valence-electron chi connectivity index (χ2n) is 33.9. The van der Waals surface area contributed by atoms with Crippen molar-refractivity contribution in [2.24, 2.45) is 0 Å². The summed E-state index contributed by atoms with van der Waals surface area (Å²) in [4.78, 5) is 24.1. The maximum absolute atomic E-state index is 13.3. The Kier molecular flexibility index (Phi) is 43.6. The van der Waals surface area contributed by atoms with Gasteiger partial charge in [0.15, 0.2) is 0 Å². The summed E-state index contributed by atoms with van der Waals surface area (Å²) in [5.74, 6) is 5.91. The highest BCUT2D eigenvalue weighted by atomic mass is 35.5. The van der Waals surface area contributed by atoms with E-state index in [2.05, 4.69) is 209 Å². The second kappa shape index (κ2) is 55.4. The zero-order chi connectivity index (χ0) is 93.8. The molecule has 8 aromatic carbocycles. The van der Waals surface area contributed by atoms with Gasteiger partial charge in [-0.1, -0.05) is 142 Å². The number of unbranched alkanes of at least 4 members (excludes halogenated alkanes) is 5. The lowest BCUT2D eigenvalue weighted by Gasteiger charge is -2.17. The normalized spacial score (nSPS) is 11.2. The largest absolute Gasteiger partial charge is 0.497 e. The Hall–Kier alpha value is -11.7. The van der Waals surface area contributed by atoms with Crippen LogP contribution in [0.25, 0.3) is 56.3 Å². The number of halogens is 2. The number of methoxy groups -OCH3 is 2. The van der Waals surface area contributed by atoms with Crippen LogP contribution in [-0.4, -0.2) is 184 Å². The van der Waals surface area contributed by atoms with Gasteiger partial charge >= 0.3 is 0 Å². The number of carbonyl (C=O) groups is 1. The first kappa shape index (κ1) is 103. The molecule has 0 aliphatic heterocycles. The smallest absolute Gasteiger partial charge is 0.254 e.